The Morgan fingerprint density at radius 3 is 1.20 bits per heavy atom. The summed E-state index contributed by atoms with van der Waals surface area (Å²) in [5, 5.41) is 0. The number of hydrogen-bond donors (Lipinski definition) is 0. The Kier molecular flexibility index (Phi) is 51.0. The molecular weight excluding hydrogens is 789 g/mol. The molecule has 0 saturated heterocycles. The van der Waals surface area contributed by atoms with Gasteiger partial charge in [-0.1, -0.05) is 214 Å². The largest absolute Gasteiger partial charge is 0.462 e. The van der Waals surface area contributed by atoms with Gasteiger partial charge >= 0.3 is 11.9 Å². The van der Waals surface area contributed by atoms with E-state index >= 15 is 0 Å². The van der Waals surface area contributed by atoms with E-state index in [4.69, 9.17) is 14.2 Å². The first-order valence-electron chi connectivity index (χ1n) is 26.4. The van der Waals surface area contributed by atoms with Gasteiger partial charge in [0.25, 0.3) is 0 Å². The van der Waals surface area contributed by atoms with E-state index in [1.165, 1.54) is 89.9 Å². The fourth-order valence-corrected chi connectivity index (χ4v) is 6.92. The Hall–Kier alpha value is -3.44. The number of hydrogen-bond acceptors (Lipinski definition) is 5. The average Bonchev–Trinajstić information content (AvgIpc) is 3.30. The molecule has 64 heavy (non-hydrogen) atoms. The molecule has 364 valence electrons. The van der Waals surface area contributed by atoms with Crippen molar-refractivity contribution in [1.82, 2.24) is 0 Å². The number of rotatable bonds is 47. The second kappa shape index (κ2) is 53.9. The topological polar surface area (TPSA) is 61.8 Å². The average molecular weight is 887 g/mol. The minimum atomic E-state index is -0.598. The molecule has 0 aliphatic carbocycles. The van der Waals surface area contributed by atoms with E-state index in [0.717, 1.165) is 96.3 Å². The van der Waals surface area contributed by atoms with Crippen LogP contribution in [0.3, 0.4) is 0 Å². The molecule has 0 rings (SSSR count). The molecule has 0 bridgehead atoms. The molecule has 0 aromatic rings. The maximum Gasteiger partial charge on any atom is 0.306 e. The minimum Gasteiger partial charge on any atom is -0.462 e. The van der Waals surface area contributed by atoms with Crippen molar-refractivity contribution >= 4 is 11.9 Å². The van der Waals surface area contributed by atoms with Crippen molar-refractivity contribution in [3.63, 3.8) is 0 Å². The van der Waals surface area contributed by atoms with Crippen molar-refractivity contribution in [2.24, 2.45) is 0 Å². The number of allylic oxidation sites excluding steroid dienone is 18. The van der Waals surface area contributed by atoms with E-state index in [1.807, 2.05) is 6.08 Å². The summed E-state index contributed by atoms with van der Waals surface area (Å²) in [5.74, 6) is -0.515. The van der Waals surface area contributed by atoms with E-state index in [-0.39, 0.29) is 31.6 Å². The number of carbonyl (C=O) groups is 2. The Balaban J connectivity index is 4.38. The predicted octanol–water partition coefficient (Wildman–Crippen LogP) is 18.0. The molecule has 5 nitrogen and oxygen atoms in total. The third kappa shape index (κ3) is 51.2. The van der Waals surface area contributed by atoms with Crippen molar-refractivity contribution in [2.75, 3.05) is 19.8 Å². The van der Waals surface area contributed by atoms with Crippen LogP contribution in [0.25, 0.3) is 0 Å². The van der Waals surface area contributed by atoms with Gasteiger partial charge < -0.3 is 14.2 Å². The first-order chi connectivity index (χ1) is 31.6. The standard InChI is InChI=1S/C59H98O5/c1-4-7-10-13-16-19-22-25-27-29-30-31-32-35-37-40-43-46-49-52-58(60)63-56-57(64-59(61)53-50-47-44-41-38-34-24-21-18-15-12-9-6-3)55-62-54-51-48-45-42-39-36-33-28-26-23-20-17-14-11-8-5-2/h8-9,11-12,17-18,20-21,25-28,34,36,38-39,44,47,57H,4-7,10,13-16,19,22-24,29-33,35,37,40-43,45-46,48-56H2,1-3H3/b11-8-,12-9-,20-17-,21-18-,27-25-,28-26-,38-34-,39-36-,47-44-. The molecule has 0 aliphatic heterocycles. The lowest BCUT2D eigenvalue weighted by molar-refractivity contribution is -0.162. The highest BCUT2D eigenvalue weighted by Gasteiger charge is 2.17. The zero-order chi connectivity index (χ0) is 46.3. The Bertz CT molecular complexity index is 1280. The summed E-state index contributed by atoms with van der Waals surface area (Å²) < 4.78 is 17.3. The molecule has 0 amide bonds. The lowest BCUT2D eigenvalue weighted by Crippen LogP contribution is -2.30. The van der Waals surface area contributed by atoms with Gasteiger partial charge in [0.15, 0.2) is 6.10 Å². The number of ether oxygens (including phenoxy) is 3. The van der Waals surface area contributed by atoms with Crippen LogP contribution >= 0.6 is 0 Å². The van der Waals surface area contributed by atoms with Gasteiger partial charge in [-0.3, -0.25) is 9.59 Å². The van der Waals surface area contributed by atoms with Gasteiger partial charge in [0.05, 0.1) is 6.61 Å². The zero-order valence-corrected chi connectivity index (χ0v) is 41.8. The maximum absolute atomic E-state index is 12.8. The summed E-state index contributed by atoms with van der Waals surface area (Å²) in [6, 6.07) is 0. The first kappa shape index (κ1) is 60.6. The number of unbranched alkanes of at least 4 members (excludes halogenated alkanes) is 18. The van der Waals surface area contributed by atoms with Crippen molar-refractivity contribution in [3.05, 3.63) is 109 Å². The van der Waals surface area contributed by atoms with Gasteiger partial charge in [0, 0.05) is 19.4 Å². The normalized spacial score (nSPS) is 13.1. The summed E-state index contributed by atoms with van der Waals surface area (Å²) in [5.41, 5.74) is 0. The quantitative estimate of drug-likeness (QED) is 0.0346. The summed E-state index contributed by atoms with van der Waals surface area (Å²) in [4.78, 5) is 25.4. The van der Waals surface area contributed by atoms with Gasteiger partial charge in [-0.2, -0.15) is 0 Å². The second-order valence-corrected chi connectivity index (χ2v) is 17.0. The van der Waals surface area contributed by atoms with Gasteiger partial charge in [-0.25, -0.2) is 0 Å². The molecule has 0 aliphatic rings. The monoisotopic (exact) mass is 887 g/mol. The minimum absolute atomic E-state index is 0.0370. The molecule has 0 heterocycles. The van der Waals surface area contributed by atoms with Crippen molar-refractivity contribution < 1.29 is 23.8 Å². The third-order valence-electron chi connectivity index (χ3n) is 10.8. The van der Waals surface area contributed by atoms with Gasteiger partial charge in [0.2, 0.25) is 0 Å². The number of esters is 2. The smallest absolute Gasteiger partial charge is 0.306 e. The lowest BCUT2D eigenvalue weighted by Gasteiger charge is -2.18. The molecule has 0 aromatic carbocycles. The van der Waals surface area contributed by atoms with Crippen molar-refractivity contribution in [2.45, 2.75) is 232 Å². The fourth-order valence-electron chi connectivity index (χ4n) is 6.92. The van der Waals surface area contributed by atoms with E-state index in [0.29, 0.717) is 19.4 Å². The van der Waals surface area contributed by atoms with Gasteiger partial charge in [-0.05, 0) is 109 Å². The number of carbonyl (C=O) groups excluding carboxylic acids is 2. The van der Waals surface area contributed by atoms with Gasteiger partial charge in [0.1, 0.15) is 6.61 Å². The maximum atomic E-state index is 12.8. The van der Waals surface area contributed by atoms with Crippen LogP contribution in [0.1, 0.15) is 226 Å². The second-order valence-electron chi connectivity index (χ2n) is 17.0. The zero-order valence-electron chi connectivity index (χ0n) is 41.8. The van der Waals surface area contributed by atoms with Crippen LogP contribution in [0.5, 0.6) is 0 Å². The van der Waals surface area contributed by atoms with Crippen molar-refractivity contribution in [1.29, 1.82) is 0 Å². The van der Waals surface area contributed by atoms with Crippen LogP contribution in [0.4, 0.5) is 0 Å². The van der Waals surface area contributed by atoms with Crippen LogP contribution in [-0.2, 0) is 23.8 Å². The first-order valence-corrected chi connectivity index (χ1v) is 26.4. The van der Waals surface area contributed by atoms with E-state index < -0.39 is 6.10 Å². The highest BCUT2D eigenvalue weighted by molar-refractivity contribution is 5.70. The molecule has 1 unspecified atom stereocenters. The Morgan fingerprint density at radius 1 is 0.359 bits per heavy atom. The van der Waals surface area contributed by atoms with Crippen LogP contribution in [0.15, 0.2) is 109 Å². The van der Waals surface area contributed by atoms with E-state index in [2.05, 4.69) is 124 Å². The van der Waals surface area contributed by atoms with Crippen LogP contribution < -0.4 is 0 Å². The molecule has 0 spiro atoms. The highest BCUT2D eigenvalue weighted by atomic mass is 16.6. The van der Waals surface area contributed by atoms with E-state index in [1.54, 1.807) is 0 Å². The molecule has 0 fully saturated rings. The lowest BCUT2D eigenvalue weighted by atomic mass is 10.1. The van der Waals surface area contributed by atoms with Crippen LogP contribution in [0.2, 0.25) is 0 Å². The molecule has 1 atom stereocenters. The SMILES string of the molecule is CC/C=C\C/C=C\C/C=C\C/C=C\CCCCCOCC(COC(=O)CCCCCCCCCCC/C=C\CCCCCCCC)OC(=O)CC/C=C\C/C=C\C/C=C\C/C=C\CC. The van der Waals surface area contributed by atoms with Gasteiger partial charge in [-0.15, -0.1) is 0 Å². The molecular formula is C59H98O5. The fraction of sp³-hybridized carbons (Fsp3) is 0.661. The third-order valence-corrected chi connectivity index (χ3v) is 10.8. The van der Waals surface area contributed by atoms with E-state index in [9.17, 15) is 9.59 Å². The highest BCUT2D eigenvalue weighted by Crippen LogP contribution is 2.13. The van der Waals surface area contributed by atoms with Crippen LogP contribution in [-0.4, -0.2) is 37.9 Å². The summed E-state index contributed by atoms with van der Waals surface area (Å²) in [6.07, 6.45) is 74.1. The molecule has 0 saturated carbocycles. The summed E-state index contributed by atoms with van der Waals surface area (Å²) in [6.45, 7) is 7.44. The molecule has 0 radical (unpaired) electrons. The summed E-state index contributed by atoms with van der Waals surface area (Å²) in [7, 11) is 0. The predicted molar refractivity (Wildman–Crippen MR) is 279 cm³/mol. The van der Waals surface area contributed by atoms with Crippen molar-refractivity contribution in [3.8, 4) is 0 Å². The molecule has 5 heteroatoms. The Labute approximate surface area is 395 Å². The van der Waals surface area contributed by atoms with Crippen LogP contribution in [0, 0.1) is 0 Å². The Morgan fingerprint density at radius 2 is 0.734 bits per heavy atom. The molecule has 0 N–H and O–H groups in total. The summed E-state index contributed by atoms with van der Waals surface area (Å²) >= 11 is 0. The molecule has 0 aromatic heterocycles.